The van der Waals surface area contributed by atoms with Crippen molar-refractivity contribution in [1.29, 1.82) is 0 Å². The molecule has 0 unspecified atom stereocenters. The van der Waals surface area contributed by atoms with Gasteiger partial charge in [0, 0.05) is 5.69 Å². The van der Waals surface area contributed by atoms with Crippen LogP contribution in [0.3, 0.4) is 0 Å². The number of hydrogen-bond acceptors (Lipinski definition) is 10. The molecule has 1 fully saturated rings. The summed E-state index contributed by atoms with van der Waals surface area (Å²) >= 11 is 0. The number of hydrogen-bond donors (Lipinski definition) is 4. The van der Waals surface area contributed by atoms with E-state index in [-0.39, 0.29) is 11.6 Å². The summed E-state index contributed by atoms with van der Waals surface area (Å²) in [7, 11) is -4.04. The van der Waals surface area contributed by atoms with E-state index in [2.05, 4.69) is 24.7 Å². The molecule has 192 valence electrons. The number of benzene rings is 1. The maximum Gasteiger partial charge on any atom is 0.384 e. The van der Waals surface area contributed by atoms with Gasteiger partial charge in [0.25, 0.3) is 16.1 Å². The van der Waals surface area contributed by atoms with Gasteiger partial charge < -0.3 is 25.0 Å². The van der Waals surface area contributed by atoms with Gasteiger partial charge in [-0.3, -0.25) is 9.52 Å². The van der Waals surface area contributed by atoms with Crippen molar-refractivity contribution in [2.75, 3.05) is 24.4 Å². The number of carbonyl (C=O) groups is 2. The van der Waals surface area contributed by atoms with Crippen LogP contribution >= 0.6 is 0 Å². The first kappa shape index (κ1) is 26.6. The van der Waals surface area contributed by atoms with Crippen molar-refractivity contribution >= 4 is 27.8 Å². The topological polar surface area (TPSA) is 175 Å². The molecule has 2 aromatic rings. The van der Waals surface area contributed by atoms with E-state index < -0.39 is 34.7 Å². The number of carbonyl (C=O) groups excluding carboxylic acids is 2. The molecular weight excluding hydrogens is 478 g/mol. The number of piperidine rings is 1. The van der Waals surface area contributed by atoms with Gasteiger partial charge in [-0.1, -0.05) is 24.6 Å². The summed E-state index contributed by atoms with van der Waals surface area (Å²) in [6, 6.07) is 9.35. The zero-order valence-corrected chi connectivity index (χ0v) is 20.1. The minimum absolute atomic E-state index is 0.114. The highest BCUT2D eigenvalue weighted by Crippen LogP contribution is 2.19. The number of para-hydroxylation sites is 1. The van der Waals surface area contributed by atoms with Crippen LogP contribution in [0.1, 0.15) is 49.1 Å². The zero-order chi connectivity index (χ0) is 25.1. The van der Waals surface area contributed by atoms with E-state index in [9.17, 15) is 18.0 Å². The van der Waals surface area contributed by atoms with Crippen LogP contribution in [0.5, 0.6) is 5.88 Å². The van der Waals surface area contributed by atoms with Gasteiger partial charge in [-0.2, -0.15) is 13.1 Å². The Bertz CT molecular complexity index is 1060. The third-order valence-electron chi connectivity index (χ3n) is 5.33. The van der Waals surface area contributed by atoms with Crippen molar-refractivity contribution in [3.8, 4) is 5.88 Å². The first-order chi connectivity index (χ1) is 16.8. The van der Waals surface area contributed by atoms with Crippen molar-refractivity contribution in [3.63, 3.8) is 0 Å². The van der Waals surface area contributed by atoms with Crippen LogP contribution < -0.4 is 25.2 Å². The summed E-state index contributed by atoms with van der Waals surface area (Å²) in [4.78, 5) is 24.1. The molecule has 0 aliphatic carbocycles. The fourth-order valence-corrected chi connectivity index (χ4v) is 4.60. The van der Waals surface area contributed by atoms with Crippen molar-refractivity contribution in [2.24, 2.45) is 11.7 Å². The van der Waals surface area contributed by atoms with E-state index >= 15 is 0 Å². The van der Waals surface area contributed by atoms with Crippen molar-refractivity contribution in [2.45, 2.75) is 44.7 Å². The van der Waals surface area contributed by atoms with Crippen LogP contribution in [0.2, 0.25) is 0 Å². The summed E-state index contributed by atoms with van der Waals surface area (Å²) < 4.78 is 43.5. The SMILES string of the molecule is N[C@H](CC(=O)OC(=O)c1cc(OCCCCC2CCNCC2)no1)NS(=O)(=O)Nc1ccccc1. The molecule has 0 saturated carbocycles. The predicted octanol–water partition coefficient (Wildman–Crippen LogP) is 1.53. The maximum absolute atomic E-state index is 12.1. The van der Waals surface area contributed by atoms with Crippen LogP contribution in [0.15, 0.2) is 40.9 Å². The molecule has 0 bridgehead atoms. The molecule has 3 rings (SSSR count). The molecule has 13 heteroatoms. The third-order valence-corrected chi connectivity index (χ3v) is 6.45. The average molecular weight is 510 g/mol. The van der Waals surface area contributed by atoms with E-state index in [0.29, 0.717) is 12.3 Å². The summed E-state index contributed by atoms with van der Waals surface area (Å²) in [5.74, 6) is -1.57. The maximum atomic E-state index is 12.1. The Morgan fingerprint density at radius 1 is 1.20 bits per heavy atom. The van der Waals surface area contributed by atoms with Gasteiger partial charge in [0.2, 0.25) is 5.76 Å². The number of unbranched alkanes of at least 4 members (excludes halogenated alkanes) is 1. The Morgan fingerprint density at radius 2 is 1.94 bits per heavy atom. The van der Waals surface area contributed by atoms with E-state index in [4.69, 9.17) is 15.0 Å². The summed E-state index contributed by atoms with van der Waals surface area (Å²) in [6.07, 6.45) is 3.54. The van der Waals surface area contributed by atoms with E-state index in [1.807, 2.05) is 0 Å². The molecule has 0 amide bonds. The second kappa shape index (κ2) is 13.2. The first-order valence-electron chi connectivity index (χ1n) is 11.5. The van der Waals surface area contributed by atoms with Gasteiger partial charge in [-0.05, 0) is 62.0 Å². The van der Waals surface area contributed by atoms with Crippen LogP contribution in [-0.4, -0.2) is 51.4 Å². The molecule has 1 atom stereocenters. The molecule has 1 aliphatic rings. The van der Waals surface area contributed by atoms with Crippen LogP contribution in [0.4, 0.5) is 5.69 Å². The van der Waals surface area contributed by atoms with Gasteiger partial charge in [0.05, 0.1) is 25.3 Å². The Labute approximate surface area is 204 Å². The number of nitrogens with one attached hydrogen (secondary N) is 3. The number of rotatable bonds is 13. The predicted molar refractivity (Wildman–Crippen MR) is 127 cm³/mol. The highest BCUT2D eigenvalue weighted by atomic mass is 32.2. The van der Waals surface area contributed by atoms with Gasteiger partial charge >= 0.3 is 11.9 Å². The smallest absolute Gasteiger partial charge is 0.384 e. The third kappa shape index (κ3) is 9.64. The van der Waals surface area contributed by atoms with E-state index in [1.165, 1.54) is 18.9 Å². The van der Waals surface area contributed by atoms with Crippen molar-refractivity contribution < 1.29 is 32.0 Å². The lowest BCUT2D eigenvalue weighted by atomic mass is 9.93. The molecule has 35 heavy (non-hydrogen) atoms. The van der Waals surface area contributed by atoms with E-state index in [0.717, 1.165) is 38.3 Å². The number of ether oxygens (including phenoxy) is 2. The second-order valence-electron chi connectivity index (χ2n) is 8.23. The number of nitrogens with zero attached hydrogens (tertiary/aromatic N) is 1. The minimum Gasteiger partial charge on any atom is -0.475 e. The second-order valence-corrected chi connectivity index (χ2v) is 9.68. The van der Waals surface area contributed by atoms with Gasteiger partial charge in [-0.15, -0.1) is 0 Å². The standard InChI is InChI=1S/C22H31N5O7S/c23-19(27-35(30,31)26-17-7-2-1-3-8-17)15-21(28)33-22(29)18-14-20(25-34-18)32-13-5-4-6-16-9-11-24-12-10-16/h1-3,7-8,14,16,19,24,26-27H,4-6,9-13,15,23H2/t19-/m0/s1. The Balaban J connectivity index is 1.34. The first-order valence-corrected chi connectivity index (χ1v) is 12.9. The quantitative estimate of drug-likeness (QED) is 0.134. The van der Waals surface area contributed by atoms with Gasteiger partial charge in [0.1, 0.15) is 0 Å². The number of nitrogens with two attached hydrogens (primary N) is 1. The Kier molecular flexibility index (Phi) is 10.0. The van der Waals surface area contributed by atoms with Crippen molar-refractivity contribution in [3.05, 3.63) is 42.2 Å². The molecule has 0 spiro atoms. The molecule has 12 nitrogen and oxygen atoms in total. The fourth-order valence-electron chi connectivity index (χ4n) is 3.61. The fraction of sp³-hybridized carbons (Fsp3) is 0.500. The molecule has 5 N–H and O–H groups in total. The highest BCUT2D eigenvalue weighted by molar-refractivity contribution is 7.90. The van der Waals surface area contributed by atoms with Crippen LogP contribution in [0, 0.1) is 5.92 Å². The monoisotopic (exact) mass is 509 g/mol. The summed E-state index contributed by atoms with van der Waals surface area (Å²) in [5, 5.41) is 6.99. The molecule has 1 aromatic carbocycles. The number of aromatic nitrogens is 1. The lowest BCUT2D eigenvalue weighted by molar-refractivity contribution is -0.138. The van der Waals surface area contributed by atoms with Gasteiger partial charge in [-0.25, -0.2) is 4.79 Å². The van der Waals surface area contributed by atoms with E-state index in [1.54, 1.807) is 30.3 Å². The summed E-state index contributed by atoms with van der Waals surface area (Å²) in [6.45, 7) is 2.58. The molecule has 0 radical (unpaired) electrons. The number of esters is 2. The Morgan fingerprint density at radius 3 is 2.69 bits per heavy atom. The Hall–Kier alpha value is -3.00. The average Bonchev–Trinajstić information content (AvgIpc) is 3.28. The van der Waals surface area contributed by atoms with Crippen LogP contribution in [0.25, 0.3) is 0 Å². The largest absolute Gasteiger partial charge is 0.475 e. The minimum atomic E-state index is -4.04. The lowest BCUT2D eigenvalue weighted by Crippen LogP contribution is -2.45. The normalized spacial score (nSPS) is 15.3. The molecule has 1 aromatic heterocycles. The lowest BCUT2D eigenvalue weighted by Gasteiger charge is -2.22. The van der Waals surface area contributed by atoms with Crippen molar-refractivity contribution in [1.82, 2.24) is 15.2 Å². The molecule has 1 saturated heterocycles. The van der Waals surface area contributed by atoms with Gasteiger partial charge in [0.15, 0.2) is 0 Å². The zero-order valence-electron chi connectivity index (χ0n) is 19.3. The summed E-state index contributed by atoms with van der Waals surface area (Å²) in [5.41, 5.74) is 5.97. The molecular formula is C22H31N5O7S. The molecule has 1 aliphatic heterocycles. The van der Waals surface area contributed by atoms with Crippen LogP contribution in [-0.2, 0) is 19.7 Å². The highest BCUT2D eigenvalue weighted by Gasteiger charge is 2.23. The molecule has 2 heterocycles. The number of anilines is 1.